The highest BCUT2D eigenvalue weighted by Crippen LogP contribution is 2.12. The van der Waals surface area contributed by atoms with E-state index >= 15 is 0 Å². The average molecular weight is 172 g/mol. The van der Waals surface area contributed by atoms with Crippen molar-refractivity contribution in [2.45, 2.75) is 51.7 Å². The molecule has 0 aromatic rings. The van der Waals surface area contributed by atoms with Crippen molar-refractivity contribution < 1.29 is 9.47 Å². The number of hydrogen-bond donors (Lipinski definition) is 0. The molecule has 1 aliphatic heterocycles. The summed E-state index contributed by atoms with van der Waals surface area (Å²) in [4.78, 5) is 0. The van der Waals surface area contributed by atoms with E-state index < -0.39 is 0 Å². The zero-order chi connectivity index (χ0) is 8.65. The summed E-state index contributed by atoms with van der Waals surface area (Å²) in [6.07, 6.45) is 7.46. The molecule has 0 spiro atoms. The molecule has 0 saturated carbocycles. The number of rotatable bonds is 5. The molecule has 0 atom stereocenters. The minimum Gasteiger partial charge on any atom is -0.353 e. The van der Waals surface area contributed by atoms with Crippen LogP contribution in [0.25, 0.3) is 0 Å². The highest BCUT2D eigenvalue weighted by atomic mass is 16.7. The number of hydrogen-bond acceptors (Lipinski definition) is 2. The monoisotopic (exact) mass is 172 g/mol. The molecule has 2 nitrogen and oxygen atoms in total. The molecule has 1 saturated heterocycles. The van der Waals surface area contributed by atoms with E-state index in [1.54, 1.807) is 0 Å². The maximum atomic E-state index is 5.44. The molecule has 12 heavy (non-hydrogen) atoms. The third-order valence-electron chi connectivity index (χ3n) is 2.19. The first-order valence-electron chi connectivity index (χ1n) is 5.16. The molecule has 1 fully saturated rings. The van der Waals surface area contributed by atoms with Gasteiger partial charge in [0, 0.05) is 0 Å². The van der Waals surface area contributed by atoms with Gasteiger partial charge in [-0.2, -0.15) is 0 Å². The Morgan fingerprint density at radius 1 is 1.08 bits per heavy atom. The highest BCUT2D eigenvalue weighted by molar-refractivity contribution is 4.52. The minimum atomic E-state index is 0.107. The van der Waals surface area contributed by atoms with Crippen molar-refractivity contribution in [3.05, 3.63) is 0 Å². The SMILES string of the molecule is CCCCCCC1OCCCO1. The van der Waals surface area contributed by atoms with Crippen LogP contribution in [0.3, 0.4) is 0 Å². The number of ether oxygens (including phenoxy) is 2. The largest absolute Gasteiger partial charge is 0.353 e. The van der Waals surface area contributed by atoms with Crippen molar-refractivity contribution >= 4 is 0 Å². The molecule has 0 aromatic heterocycles. The molecule has 1 heterocycles. The molecule has 0 bridgehead atoms. The Labute approximate surface area is 75.2 Å². The Kier molecular flexibility index (Phi) is 5.37. The van der Waals surface area contributed by atoms with Crippen LogP contribution in [0.4, 0.5) is 0 Å². The first-order valence-corrected chi connectivity index (χ1v) is 5.16. The van der Waals surface area contributed by atoms with E-state index in [-0.39, 0.29) is 6.29 Å². The van der Waals surface area contributed by atoms with Gasteiger partial charge in [0.2, 0.25) is 0 Å². The smallest absolute Gasteiger partial charge is 0.157 e. The Balaban J connectivity index is 1.91. The first-order chi connectivity index (χ1) is 5.93. The standard InChI is InChI=1S/C10H20O2/c1-2-3-4-5-7-10-11-8-6-9-12-10/h10H,2-9H2,1H3. The van der Waals surface area contributed by atoms with Crippen LogP contribution in [-0.2, 0) is 9.47 Å². The van der Waals surface area contributed by atoms with Crippen LogP contribution in [0.15, 0.2) is 0 Å². The van der Waals surface area contributed by atoms with Crippen LogP contribution in [0.1, 0.15) is 45.4 Å². The second kappa shape index (κ2) is 6.44. The molecule has 72 valence electrons. The van der Waals surface area contributed by atoms with Crippen LogP contribution in [0.5, 0.6) is 0 Å². The van der Waals surface area contributed by atoms with Crippen molar-refractivity contribution in [2.24, 2.45) is 0 Å². The van der Waals surface area contributed by atoms with Crippen LogP contribution in [0.2, 0.25) is 0 Å². The van der Waals surface area contributed by atoms with Crippen LogP contribution >= 0.6 is 0 Å². The van der Waals surface area contributed by atoms with Gasteiger partial charge in [-0.1, -0.05) is 26.2 Å². The Morgan fingerprint density at radius 2 is 1.83 bits per heavy atom. The molecule has 1 rings (SSSR count). The van der Waals surface area contributed by atoms with Crippen molar-refractivity contribution in [1.82, 2.24) is 0 Å². The van der Waals surface area contributed by atoms with Gasteiger partial charge in [-0.25, -0.2) is 0 Å². The molecule has 0 unspecified atom stereocenters. The molecule has 0 radical (unpaired) electrons. The molecular weight excluding hydrogens is 152 g/mol. The second-order valence-corrected chi connectivity index (χ2v) is 3.37. The van der Waals surface area contributed by atoms with Gasteiger partial charge in [0.25, 0.3) is 0 Å². The predicted molar refractivity (Wildman–Crippen MR) is 49.1 cm³/mol. The molecular formula is C10H20O2. The van der Waals surface area contributed by atoms with Crippen molar-refractivity contribution in [3.8, 4) is 0 Å². The third kappa shape index (κ3) is 4.07. The average Bonchev–Trinajstić information content (AvgIpc) is 2.14. The normalized spacial score (nSPS) is 19.8. The lowest BCUT2D eigenvalue weighted by molar-refractivity contribution is -0.181. The summed E-state index contributed by atoms with van der Waals surface area (Å²) in [5, 5.41) is 0. The Bertz CT molecular complexity index is 98.0. The van der Waals surface area contributed by atoms with E-state index in [1.807, 2.05) is 0 Å². The summed E-state index contributed by atoms with van der Waals surface area (Å²) in [7, 11) is 0. The van der Waals surface area contributed by atoms with Crippen molar-refractivity contribution in [2.75, 3.05) is 13.2 Å². The summed E-state index contributed by atoms with van der Waals surface area (Å²) in [5.74, 6) is 0. The Hall–Kier alpha value is -0.0800. The highest BCUT2D eigenvalue weighted by Gasteiger charge is 2.12. The lowest BCUT2D eigenvalue weighted by Crippen LogP contribution is -2.24. The summed E-state index contributed by atoms with van der Waals surface area (Å²) < 4.78 is 10.9. The lowest BCUT2D eigenvalue weighted by atomic mass is 10.1. The van der Waals surface area contributed by atoms with Gasteiger partial charge in [-0.3, -0.25) is 0 Å². The number of unbranched alkanes of at least 4 members (excludes halogenated alkanes) is 3. The fraction of sp³-hybridized carbons (Fsp3) is 1.00. The summed E-state index contributed by atoms with van der Waals surface area (Å²) in [5.41, 5.74) is 0. The van der Waals surface area contributed by atoms with Gasteiger partial charge in [0.1, 0.15) is 0 Å². The fourth-order valence-corrected chi connectivity index (χ4v) is 1.44. The summed E-state index contributed by atoms with van der Waals surface area (Å²) in [6, 6.07) is 0. The van der Waals surface area contributed by atoms with Crippen molar-refractivity contribution in [3.63, 3.8) is 0 Å². The fourth-order valence-electron chi connectivity index (χ4n) is 1.44. The zero-order valence-corrected chi connectivity index (χ0v) is 8.05. The van der Waals surface area contributed by atoms with Crippen LogP contribution in [-0.4, -0.2) is 19.5 Å². The lowest BCUT2D eigenvalue weighted by Gasteiger charge is -2.22. The molecule has 2 heteroatoms. The third-order valence-corrected chi connectivity index (χ3v) is 2.19. The molecule has 0 aliphatic carbocycles. The second-order valence-electron chi connectivity index (χ2n) is 3.37. The minimum absolute atomic E-state index is 0.107. The van der Waals surface area contributed by atoms with E-state index in [0.717, 1.165) is 26.1 Å². The van der Waals surface area contributed by atoms with E-state index in [0.29, 0.717) is 0 Å². The van der Waals surface area contributed by atoms with Crippen molar-refractivity contribution in [1.29, 1.82) is 0 Å². The first kappa shape index (κ1) is 10.0. The van der Waals surface area contributed by atoms with E-state index in [9.17, 15) is 0 Å². The topological polar surface area (TPSA) is 18.5 Å². The quantitative estimate of drug-likeness (QED) is 0.594. The van der Waals surface area contributed by atoms with Crippen LogP contribution < -0.4 is 0 Å². The predicted octanol–water partition coefficient (Wildman–Crippen LogP) is 2.72. The van der Waals surface area contributed by atoms with Gasteiger partial charge in [0.15, 0.2) is 6.29 Å². The van der Waals surface area contributed by atoms with Gasteiger partial charge in [-0.05, 0) is 19.3 Å². The maximum absolute atomic E-state index is 5.44. The Morgan fingerprint density at radius 3 is 2.50 bits per heavy atom. The van der Waals surface area contributed by atoms with Gasteiger partial charge >= 0.3 is 0 Å². The van der Waals surface area contributed by atoms with E-state index in [2.05, 4.69) is 6.92 Å². The molecule has 1 aliphatic rings. The van der Waals surface area contributed by atoms with Gasteiger partial charge in [-0.15, -0.1) is 0 Å². The zero-order valence-electron chi connectivity index (χ0n) is 8.05. The van der Waals surface area contributed by atoms with E-state index in [1.165, 1.54) is 25.7 Å². The van der Waals surface area contributed by atoms with E-state index in [4.69, 9.17) is 9.47 Å². The summed E-state index contributed by atoms with van der Waals surface area (Å²) in [6.45, 7) is 4.00. The molecule has 0 amide bonds. The summed E-state index contributed by atoms with van der Waals surface area (Å²) >= 11 is 0. The molecule has 0 aromatic carbocycles. The maximum Gasteiger partial charge on any atom is 0.157 e. The van der Waals surface area contributed by atoms with Gasteiger partial charge in [0.05, 0.1) is 13.2 Å². The molecule has 0 N–H and O–H groups in total. The van der Waals surface area contributed by atoms with Crippen LogP contribution in [0, 0.1) is 0 Å². The van der Waals surface area contributed by atoms with Gasteiger partial charge < -0.3 is 9.47 Å².